The molecule has 0 atom stereocenters. The first kappa shape index (κ1) is 16.8. The van der Waals surface area contributed by atoms with Gasteiger partial charge in [-0.25, -0.2) is 0 Å². The average molecular weight is 342 g/mol. The Hall–Kier alpha value is -3.00. The first-order chi connectivity index (χ1) is 12.1. The first-order valence-corrected chi connectivity index (χ1v) is 8.14. The van der Waals surface area contributed by atoms with Gasteiger partial charge in [0.1, 0.15) is 0 Å². The Morgan fingerprint density at radius 1 is 1.24 bits per heavy atom. The molecule has 0 radical (unpaired) electrons. The third-order valence-electron chi connectivity index (χ3n) is 4.32. The highest BCUT2D eigenvalue weighted by Gasteiger charge is 2.21. The number of pyridine rings is 1. The van der Waals surface area contributed by atoms with Gasteiger partial charge in [0.2, 0.25) is 0 Å². The van der Waals surface area contributed by atoms with Gasteiger partial charge in [0.25, 0.3) is 11.6 Å². The second-order valence-electron chi connectivity index (χ2n) is 5.93. The van der Waals surface area contributed by atoms with Crippen LogP contribution in [0.2, 0.25) is 0 Å². The molecule has 130 valence electrons. The van der Waals surface area contributed by atoms with Crippen molar-refractivity contribution in [1.29, 1.82) is 0 Å². The standard InChI is InChI=1S/C17H19N5O3/c23-17(14-2-1-7-18-12-14)19-13-20-8-10-21(11-9-20)15-3-5-16(6-4-15)22(24)25/h1-7,12H,8-11,13H2,(H,19,23)/p+1. The molecule has 0 bridgehead atoms. The summed E-state index contributed by atoms with van der Waals surface area (Å²) in [6.07, 6.45) is 3.19. The van der Waals surface area contributed by atoms with E-state index < -0.39 is 4.92 Å². The van der Waals surface area contributed by atoms with Gasteiger partial charge in [-0.15, -0.1) is 0 Å². The number of rotatable bonds is 5. The fourth-order valence-electron chi connectivity index (χ4n) is 2.85. The van der Waals surface area contributed by atoms with E-state index in [1.54, 1.807) is 36.7 Å². The Kier molecular flexibility index (Phi) is 5.20. The van der Waals surface area contributed by atoms with E-state index in [-0.39, 0.29) is 11.6 Å². The van der Waals surface area contributed by atoms with Crippen LogP contribution in [-0.2, 0) is 0 Å². The van der Waals surface area contributed by atoms with Crippen LogP contribution in [0.5, 0.6) is 0 Å². The van der Waals surface area contributed by atoms with E-state index in [1.807, 2.05) is 0 Å². The summed E-state index contributed by atoms with van der Waals surface area (Å²) in [4.78, 5) is 29.8. The molecule has 1 aromatic heterocycles. The largest absolute Gasteiger partial charge is 0.360 e. The summed E-state index contributed by atoms with van der Waals surface area (Å²) in [5, 5.41) is 13.6. The van der Waals surface area contributed by atoms with Crippen LogP contribution in [0.4, 0.5) is 11.4 Å². The summed E-state index contributed by atoms with van der Waals surface area (Å²) in [5.74, 6) is -0.113. The summed E-state index contributed by atoms with van der Waals surface area (Å²) in [6.45, 7) is 4.04. The number of aromatic nitrogens is 1. The molecule has 3 rings (SSSR count). The van der Waals surface area contributed by atoms with E-state index in [9.17, 15) is 14.9 Å². The van der Waals surface area contributed by atoms with Crippen LogP contribution in [0.25, 0.3) is 0 Å². The molecule has 2 aromatic rings. The number of non-ortho nitro benzene ring substituents is 1. The van der Waals surface area contributed by atoms with Crippen LogP contribution in [0, 0.1) is 10.1 Å². The first-order valence-electron chi connectivity index (χ1n) is 8.14. The molecule has 8 nitrogen and oxygen atoms in total. The van der Waals surface area contributed by atoms with Gasteiger partial charge < -0.3 is 15.1 Å². The molecular formula is C17H20N5O3+. The Labute approximate surface area is 145 Å². The van der Waals surface area contributed by atoms with E-state index >= 15 is 0 Å². The van der Waals surface area contributed by atoms with Gasteiger partial charge in [-0.1, -0.05) is 0 Å². The highest BCUT2D eigenvalue weighted by molar-refractivity contribution is 5.93. The molecule has 8 heteroatoms. The molecule has 1 aromatic carbocycles. The molecule has 25 heavy (non-hydrogen) atoms. The number of piperazine rings is 1. The van der Waals surface area contributed by atoms with Crippen molar-refractivity contribution in [2.75, 3.05) is 37.7 Å². The molecule has 0 saturated carbocycles. The lowest BCUT2D eigenvalue weighted by molar-refractivity contribution is -0.902. The number of nitrogens with one attached hydrogen (secondary N) is 2. The third kappa shape index (κ3) is 4.30. The van der Waals surface area contributed by atoms with E-state index in [1.165, 1.54) is 17.0 Å². The van der Waals surface area contributed by atoms with Crippen molar-refractivity contribution in [3.8, 4) is 0 Å². The minimum absolute atomic E-state index is 0.103. The Bertz CT molecular complexity index is 728. The van der Waals surface area contributed by atoms with E-state index in [0.29, 0.717) is 12.2 Å². The Morgan fingerprint density at radius 3 is 2.56 bits per heavy atom. The van der Waals surface area contributed by atoms with Crippen LogP contribution in [0.3, 0.4) is 0 Å². The number of nitro benzene ring substituents is 1. The maximum atomic E-state index is 12.0. The van der Waals surface area contributed by atoms with Crippen molar-refractivity contribution in [3.05, 3.63) is 64.5 Å². The number of nitro groups is 1. The topological polar surface area (TPSA) is 92.8 Å². The number of hydrogen-bond donors (Lipinski definition) is 2. The second kappa shape index (κ2) is 7.71. The molecule has 1 saturated heterocycles. The van der Waals surface area contributed by atoms with Gasteiger partial charge in [0.05, 0.1) is 36.7 Å². The SMILES string of the molecule is O=C(NC[NH+]1CCN(c2ccc([N+](=O)[O-])cc2)CC1)c1cccnc1. The summed E-state index contributed by atoms with van der Waals surface area (Å²) < 4.78 is 0. The number of anilines is 1. The summed E-state index contributed by atoms with van der Waals surface area (Å²) in [5.41, 5.74) is 1.65. The van der Waals surface area contributed by atoms with Crippen molar-refractivity contribution < 1.29 is 14.6 Å². The van der Waals surface area contributed by atoms with Crippen molar-refractivity contribution in [1.82, 2.24) is 10.3 Å². The van der Waals surface area contributed by atoms with Gasteiger partial charge in [-0.2, -0.15) is 0 Å². The normalized spacial score (nSPS) is 15.0. The zero-order valence-corrected chi connectivity index (χ0v) is 13.7. The van der Waals surface area contributed by atoms with Crippen LogP contribution in [0.15, 0.2) is 48.8 Å². The minimum Gasteiger partial charge on any atom is -0.360 e. The second-order valence-corrected chi connectivity index (χ2v) is 5.93. The average Bonchev–Trinajstić information content (AvgIpc) is 2.67. The number of carbonyl (C=O) groups excluding carboxylic acids is 1. The fraction of sp³-hybridized carbons (Fsp3) is 0.294. The molecule has 0 unspecified atom stereocenters. The van der Waals surface area contributed by atoms with Gasteiger partial charge in [-0.3, -0.25) is 19.9 Å². The van der Waals surface area contributed by atoms with Crippen molar-refractivity contribution >= 4 is 17.3 Å². The Morgan fingerprint density at radius 2 is 1.96 bits per heavy atom. The van der Waals surface area contributed by atoms with Crippen LogP contribution in [-0.4, -0.2) is 48.7 Å². The molecule has 0 spiro atoms. The number of quaternary nitrogens is 1. The zero-order valence-electron chi connectivity index (χ0n) is 13.7. The lowest BCUT2D eigenvalue weighted by Gasteiger charge is -2.33. The molecule has 2 heterocycles. The monoisotopic (exact) mass is 342 g/mol. The van der Waals surface area contributed by atoms with Crippen LogP contribution < -0.4 is 15.1 Å². The zero-order chi connectivity index (χ0) is 17.6. The fourth-order valence-corrected chi connectivity index (χ4v) is 2.85. The van der Waals surface area contributed by atoms with E-state index in [0.717, 1.165) is 31.9 Å². The van der Waals surface area contributed by atoms with Gasteiger partial charge >= 0.3 is 0 Å². The predicted molar refractivity (Wildman–Crippen MR) is 92.6 cm³/mol. The predicted octanol–water partition coefficient (Wildman–Crippen LogP) is 0.0822. The maximum Gasteiger partial charge on any atom is 0.269 e. The molecule has 2 N–H and O–H groups in total. The molecule has 0 aliphatic carbocycles. The van der Waals surface area contributed by atoms with Crippen molar-refractivity contribution in [2.45, 2.75) is 0 Å². The van der Waals surface area contributed by atoms with Gasteiger partial charge in [-0.05, 0) is 24.3 Å². The smallest absolute Gasteiger partial charge is 0.269 e. The molecule has 1 fully saturated rings. The van der Waals surface area contributed by atoms with Gasteiger partial charge in [0, 0.05) is 30.2 Å². The highest BCUT2D eigenvalue weighted by Crippen LogP contribution is 2.19. The number of nitrogens with zero attached hydrogens (tertiary/aromatic N) is 3. The number of amides is 1. The van der Waals surface area contributed by atoms with E-state index in [4.69, 9.17) is 0 Å². The molecule has 1 aliphatic rings. The van der Waals surface area contributed by atoms with Crippen LogP contribution >= 0.6 is 0 Å². The summed E-state index contributed by atoms with van der Waals surface area (Å²) in [7, 11) is 0. The molecule has 1 amide bonds. The quantitative estimate of drug-likeness (QED) is 0.593. The van der Waals surface area contributed by atoms with Crippen LogP contribution in [0.1, 0.15) is 10.4 Å². The highest BCUT2D eigenvalue weighted by atomic mass is 16.6. The van der Waals surface area contributed by atoms with Crippen molar-refractivity contribution in [2.24, 2.45) is 0 Å². The number of benzene rings is 1. The maximum absolute atomic E-state index is 12.0. The molecular weight excluding hydrogens is 322 g/mol. The van der Waals surface area contributed by atoms with Crippen molar-refractivity contribution in [3.63, 3.8) is 0 Å². The number of hydrogen-bond acceptors (Lipinski definition) is 5. The lowest BCUT2D eigenvalue weighted by atomic mass is 10.2. The number of carbonyl (C=O) groups is 1. The lowest BCUT2D eigenvalue weighted by Crippen LogP contribution is -3.16. The third-order valence-corrected chi connectivity index (χ3v) is 4.32. The summed E-state index contributed by atoms with van der Waals surface area (Å²) >= 11 is 0. The van der Waals surface area contributed by atoms with Gasteiger partial charge in [0.15, 0.2) is 6.67 Å². The van der Waals surface area contributed by atoms with E-state index in [2.05, 4.69) is 15.2 Å². The molecule has 1 aliphatic heterocycles. The Balaban J connectivity index is 1.47. The minimum atomic E-state index is -0.392. The summed E-state index contributed by atoms with van der Waals surface area (Å²) in [6, 6.07) is 10.1.